The number of carbonyl (C=O) groups is 2. The second kappa shape index (κ2) is 8.87. The van der Waals surface area contributed by atoms with Crippen LogP contribution in [0.15, 0.2) is 30.7 Å². The summed E-state index contributed by atoms with van der Waals surface area (Å²) in [6.45, 7) is 6.03. The maximum Gasteiger partial charge on any atom is 0.337 e. The molecule has 0 aromatic carbocycles. The first-order valence-corrected chi connectivity index (χ1v) is 9.96. The molecule has 170 valence electrons. The molecule has 1 unspecified atom stereocenters. The average molecular weight is 444 g/mol. The Morgan fingerprint density at radius 1 is 1.22 bits per heavy atom. The summed E-state index contributed by atoms with van der Waals surface area (Å²) < 4.78 is 15.5. The summed E-state index contributed by atoms with van der Waals surface area (Å²) in [4.78, 5) is 32.2. The number of nitrogens with zero attached hydrogens (tertiary/aromatic N) is 4. The SMILES string of the molecule is CC(C)Nc1c(C(=O)NCC(F)C(C)(C)O)cnc2cc(-c3cncc(C(=O)O)c3)nn12. The Morgan fingerprint density at radius 3 is 2.56 bits per heavy atom. The first kappa shape index (κ1) is 23.1. The van der Waals surface area contributed by atoms with Crippen LogP contribution in [0.4, 0.5) is 10.2 Å². The smallest absolute Gasteiger partial charge is 0.337 e. The molecule has 10 nitrogen and oxygen atoms in total. The van der Waals surface area contributed by atoms with E-state index in [2.05, 4.69) is 25.7 Å². The lowest BCUT2D eigenvalue weighted by molar-refractivity contribution is -0.00178. The van der Waals surface area contributed by atoms with Gasteiger partial charge in [0.15, 0.2) is 5.65 Å². The van der Waals surface area contributed by atoms with Gasteiger partial charge in [0, 0.05) is 36.3 Å². The average Bonchev–Trinajstić information content (AvgIpc) is 3.16. The van der Waals surface area contributed by atoms with Crippen LogP contribution in [0.25, 0.3) is 16.9 Å². The van der Waals surface area contributed by atoms with Gasteiger partial charge in [0.25, 0.3) is 5.91 Å². The van der Waals surface area contributed by atoms with Crippen molar-refractivity contribution in [1.29, 1.82) is 0 Å². The minimum absolute atomic E-state index is 0.0145. The Morgan fingerprint density at radius 2 is 1.94 bits per heavy atom. The van der Waals surface area contributed by atoms with Gasteiger partial charge in [0.05, 0.1) is 23.4 Å². The van der Waals surface area contributed by atoms with E-state index in [-0.39, 0.29) is 23.7 Å². The van der Waals surface area contributed by atoms with Gasteiger partial charge < -0.3 is 20.8 Å². The lowest BCUT2D eigenvalue weighted by Crippen LogP contribution is -2.42. The zero-order valence-corrected chi connectivity index (χ0v) is 18.1. The molecule has 3 aromatic heterocycles. The van der Waals surface area contributed by atoms with E-state index < -0.39 is 23.6 Å². The number of carboxylic acids is 1. The van der Waals surface area contributed by atoms with Crippen molar-refractivity contribution in [2.75, 3.05) is 11.9 Å². The molecule has 0 aliphatic heterocycles. The predicted octanol–water partition coefficient (Wildman–Crippen LogP) is 2.15. The molecule has 0 aliphatic carbocycles. The lowest BCUT2D eigenvalue weighted by atomic mass is 10.0. The number of anilines is 1. The van der Waals surface area contributed by atoms with Crippen molar-refractivity contribution in [3.05, 3.63) is 41.9 Å². The summed E-state index contributed by atoms with van der Waals surface area (Å²) in [5.41, 5.74) is -0.128. The van der Waals surface area contributed by atoms with Crippen molar-refractivity contribution in [3.8, 4) is 11.3 Å². The van der Waals surface area contributed by atoms with E-state index in [4.69, 9.17) is 0 Å². The Kier molecular flexibility index (Phi) is 6.40. The first-order valence-electron chi connectivity index (χ1n) is 9.96. The number of pyridine rings is 1. The number of aromatic carboxylic acids is 1. The number of hydrogen-bond acceptors (Lipinski definition) is 7. The fourth-order valence-corrected chi connectivity index (χ4v) is 2.88. The van der Waals surface area contributed by atoms with E-state index in [9.17, 15) is 24.2 Å². The van der Waals surface area contributed by atoms with Crippen molar-refractivity contribution >= 4 is 23.3 Å². The minimum atomic E-state index is -1.66. The topological polar surface area (TPSA) is 142 Å². The number of carboxylic acid groups (broad SMARTS) is 1. The van der Waals surface area contributed by atoms with Crippen LogP contribution < -0.4 is 10.6 Å². The molecule has 32 heavy (non-hydrogen) atoms. The van der Waals surface area contributed by atoms with Crippen molar-refractivity contribution in [2.45, 2.75) is 45.5 Å². The molecule has 11 heteroatoms. The fourth-order valence-electron chi connectivity index (χ4n) is 2.88. The van der Waals surface area contributed by atoms with E-state index in [1.54, 1.807) is 6.07 Å². The summed E-state index contributed by atoms with van der Waals surface area (Å²) in [5, 5.41) is 29.1. The fraction of sp³-hybridized carbons (Fsp3) is 0.381. The molecule has 3 aromatic rings. The zero-order chi connectivity index (χ0) is 23.6. The van der Waals surface area contributed by atoms with Gasteiger partial charge in [-0.15, -0.1) is 0 Å². The highest BCUT2D eigenvalue weighted by Crippen LogP contribution is 2.24. The second-order valence-corrected chi connectivity index (χ2v) is 8.22. The lowest BCUT2D eigenvalue weighted by Gasteiger charge is -2.22. The molecule has 0 spiro atoms. The van der Waals surface area contributed by atoms with Crippen LogP contribution in [0.2, 0.25) is 0 Å². The normalized spacial score (nSPS) is 12.7. The molecule has 0 fully saturated rings. The Balaban J connectivity index is 2.01. The van der Waals surface area contributed by atoms with Gasteiger partial charge in [-0.3, -0.25) is 9.78 Å². The minimum Gasteiger partial charge on any atom is -0.478 e. The van der Waals surface area contributed by atoms with Crippen LogP contribution in [0, 0.1) is 0 Å². The molecular weight excluding hydrogens is 419 g/mol. The van der Waals surface area contributed by atoms with Gasteiger partial charge in [-0.25, -0.2) is 14.2 Å². The maximum atomic E-state index is 14.1. The van der Waals surface area contributed by atoms with E-state index in [1.165, 1.54) is 43.0 Å². The second-order valence-electron chi connectivity index (χ2n) is 8.22. The number of alkyl halides is 1. The molecular formula is C21H25FN6O4. The number of nitrogens with one attached hydrogen (secondary N) is 2. The number of carbonyl (C=O) groups excluding carboxylic acids is 1. The molecule has 0 bridgehead atoms. The Labute approximate surface area is 183 Å². The van der Waals surface area contributed by atoms with Crippen molar-refractivity contribution < 1.29 is 24.2 Å². The zero-order valence-electron chi connectivity index (χ0n) is 18.1. The Bertz CT molecular complexity index is 1150. The van der Waals surface area contributed by atoms with Crippen LogP contribution in [-0.4, -0.2) is 66.0 Å². The van der Waals surface area contributed by atoms with E-state index in [1.807, 2.05) is 13.8 Å². The molecule has 4 N–H and O–H groups in total. The first-order chi connectivity index (χ1) is 15.0. The number of rotatable bonds is 8. The predicted molar refractivity (Wildman–Crippen MR) is 115 cm³/mol. The Hall–Kier alpha value is -3.60. The van der Waals surface area contributed by atoms with Crippen LogP contribution in [0.5, 0.6) is 0 Å². The largest absolute Gasteiger partial charge is 0.478 e. The maximum absolute atomic E-state index is 14.1. The third kappa shape index (κ3) is 4.99. The summed E-state index contributed by atoms with van der Waals surface area (Å²) in [6, 6.07) is 3.02. The van der Waals surface area contributed by atoms with Crippen LogP contribution in [0.3, 0.4) is 0 Å². The molecule has 1 atom stereocenters. The van der Waals surface area contributed by atoms with Gasteiger partial charge >= 0.3 is 5.97 Å². The van der Waals surface area contributed by atoms with Gasteiger partial charge in [-0.2, -0.15) is 9.61 Å². The van der Waals surface area contributed by atoms with Gasteiger partial charge in [-0.1, -0.05) is 0 Å². The van der Waals surface area contributed by atoms with Crippen molar-refractivity contribution in [1.82, 2.24) is 24.9 Å². The number of hydrogen-bond donors (Lipinski definition) is 4. The van der Waals surface area contributed by atoms with Crippen LogP contribution in [0.1, 0.15) is 48.4 Å². The highest BCUT2D eigenvalue weighted by Gasteiger charge is 2.27. The van der Waals surface area contributed by atoms with E-state index in [0.717, 1.165) is 0 Å². The molecule has 0 radical (unpaired) electrons. The molecule has 0 saturated heterocycles. The monoisotopic (exact) mass is 444 g/mol. The van der Waals surface area contributed by atoms with Gasteiger partial charge in [0.2, 0.25) is 0 Å². The van der Waals surface area contributed by atoms with Crippen LogP contribution in [-0.2, 0) is 0 Å². The summed E-state index contributed by atoms with van der Waals surface area (Å²) >= 11 is 0. The molecule has 3 heterocycles. The number of amides is 1. The molecule has 3 rings (SSSR count). The third-order valence-corrected chi connectivity index (χ3v) is 4.64. The highest BCUT2D eigenvalue weighted by atomic mass is 19.1. The number of aliphatic hydroxyl groups is 1. The number of fused-ring (bicyclic) bond motifs is 1. The van der Waals surface area contributed by atoms with Crippen molar-refractivity contribution in [3.63, 3.8) is 0 Å². The van der Waals surface area contributed by atoms with E-state index >= 15 is 0 Å². The number of halogens is 1. The van der Waals surface area contributed by atoms with Gasteiger partial charge in [-0.05, 0) is 33.8 Å². The summed E-state index contributed by atoms with van der Waals surface area (Å²) in [6.07, 6.45) is 2.41. The molecule has 1 amide bonds. The third-order valence-electron chi connectivity index (χ3n) is 4.64. The summed E-state index contributed by atoms with van der Waals surface area (Å²) in [7, 11) is 0. The number of aromatic nitrogens is 4. The van der Waals surface area contributed by atoms with Crippen LogP contribution >= 0.6 is 0 Å². The van der Waals surface area contributed by atoms with Gasteiger partial charge in [0.1, 0.15) is 17.6 Å². The summed E-state index contributed by atoms with van der Waals surface area (Å²) in [5.74, 6) is -1.35. The van der Waals surface area contributed by atoms with E-state index in [0.29, 0.717) is 22.7 Å². The standard InChI is InChI=1S/C21H25FN6O4/c1-11(2)26-18-14(19(29)25-10-16(22)21(3,4)32)9-24-17-6-15(27-28(17)18)12-5-13(20(30)31)8-23-7-12/h5-9,11,16,26,32H,10H2,1-4H3,(H,25,29)(H,30,31). The highest BCUT2D eigenvalue weighted by molar-refractivity contribution is 5.99. The quantitative estimate of drug-likeness (QED) is 0.414. The molecule has 0 aliphatic rings. The van der Waals surface area contributed by atoms with Crippen molar-refractivity contribution in [2.24, 2.45) is 0 Å². The molecule has 0 saturated carbocycles.